The molecule has 6 heteroatoms. The average molecular weight is 316 g/mol. The van der Waals surface area contributed by atoms with Crippen molar-refractivity contribution in [2.75, 3.05) is 44.3 Å². The molecule has 1 aliphatic carbocycles. The van der Waals surface area contributed by atoms with Crippen LogP contribution in [0, 0.1) is 5.92 Å². The van der Waals surface area contributed by atoms with Gasteiger partial charge < -0.3 is 14.5 Å². The molecule has 0 N–H and O–H groups in total. The molecule has 124 valence electrons. The third-order valence-electron chi connectivity index (χ3n) is 5.26. The van der Waals surface area contributed by atoms with Gasteiger partial charge in [-0.05, 0) is 32.1 Å². The van der Waals surface area contributed by atoms with E-state index in [1.54, 1.807) is 6.33 Å². The van der Waals surface area contributed by atoms with E-state index in [1.807, 2.05) is 4.90 Å². The molecule has 2 fully saturated rings. The molecule has 3 heterocycles. The number of morpholine rings is 1. The van der Waals surface area contributed by atoms with Crippen LogP contribution in [0.4, 0.5) is 5.82 Å². The summed E-state index contributed by atoms with van der Waals surface area (Å²) in [5.74, 6) is 1.47. The predicted molar refractivity (Wildman–Crippen MR) is 86.4 cm³/mol. The fraction of sp³-hybridized carbons (Fsp3) is 0.706. The second-order valence-electron chi connectivity index (χ2n) is 6.70. The zero-order chi connectivity index (χ0) is 15.6. The maximum absolute atomic E-state index is 12.7. The summed E-state index contributed by atoms with van der Waals surface area (Å²) in [5, 5.41) is 0. The maximum Gasteiger partial charge on any atom is 0.227 e. The Kier molecular flexibility index (Phi) is 4.16. The molecule has 0 bridgehead atoms. The minimum absolute atomic E-state index is 0.0994. The number of ether oxygens (including phenoxy) is 1. The van der Waals surface area contributed by atoms with Crippen LogP contribution in [0.25, 0.3) is 0 Å². The molecular formula is C17H24N4O2. The first-order chi connectivity index (χ1) is 11.3. The summed E-state index contributed by atoms with van der Waals surface area (Å²) >= 11 is 0. The number of rotatable bonds is 2. The molecule has 2 saturated heterocycles. The van der Waals surface area contributed by atoms with E-state index < -0.39 is 0 Å². The SMILES string of the molecule is O=C(C1CCN(c2ncnc3c2CCCC3)C1)N1CCOCC1. The molecule has 1 amide bonds. The van der Waals surface area contributed by atoms with E-state index in [0.717, 1.165) is 51.3 Å². The molecule has 0 saturated carbocycles. The monoisotopic (exact) mass is 316 g/mol. The molecular weight excluding hydrogens is 292 g/mol. The van der Waals surface area contributed by atoms with Crippen LogP contribution in [-0.2, 0) is 22.4 Å². The number of hydrogen-bond donors (Lipinski definition) is 0. The van der Waals surface area contributed by atoms with Gasteiger partial charge in [0.15, 0.2) is 0 Å². The van der Waals surface area contributed by atoms with E-state index in [0.29, 0.717) is 19.1 Å². The van der Waals surface area contributed by atoms with Crippen LogP contribution in [0.5, 0.6) is 0 Å². The molecule has 1 aromatic rings. The molecule has 0 aromatic carbocycles. The molecule has 1 unspecified atom stereocenters. The van der Waals surface area contributed by atoms with Gasteiger partial charge >= 0.3 is 0 Å². The summed E-state index contributed by atoms with van der Waals surface area (Å²) in [4.78, 5) is 25.9. The fourth-order valence-electron chi connectivity index (χ4n) is 3.97. The summed E-state index contributed by atoms with van der Waals surface area (Å²) in [5.41, 5.74) is 2.53. The highest BCUT2D eigenvalue weighted by Crippen LogP contribution is 2.31. The Morgan fingerprint density at radius 1 is 1.13 bits per heavy atom. The number of carbonyl (C=O) groups is 1. The number of amides is 1. The zero-order valence-corrected chi connectivity index (χ0v) is 13.5. The molecule has 1 atom stereocenters. The topological polar surface area (TPSA) is 58.6 Å². The first-order valence-corrected chi connectivity index (χ1v) is 8.77. The Morgan fingerprint density at radius 3 is 2.83 bits per heavy atom. The van der Waals surface area contributed by atoms with Crippen molar-refractivity contribution >= 4 is 11.7 Å². The highest BCUT2D eigenvalue weighted by atomic mass is 16.5. The van der Waals surface area contributed by atoms with Gasteiger partial charge in [0.1, 0.15) is 12.1 Å². The lowest BCUT2D eigenvalue weighted by molar-refractivity contribution is -0.138. The van der Waals surface area contributed by atoms with Crippen LogP contribution in [0.15, 0.2) is 6.33 Å². The van der Waals surface area contributed by atoms with Crippen LogP contribution in [0.3, 0.4) is 0 Å². The van der Waals surface area contributed by atoms with Crippen LogP contribution in [-0.4, -0.2) is 60.2 Å². The lowest BCUT2D eigenvalue weighted by Gasteiger charge is -2.29. The molecule has 23 heavy (non-hydrogen) atoms. The van der Waals surface area contributed by atoms with Gasteiger partial charge in [-0.2, -0.15) is 0 Å². The van der Waals surface area contributed by atoms with E-state index in [1.165, 1.54) is 24.1 Å². The first-order valence-electron chi connectivity index (χ1n) is 8.77. The van der Waals surface area contributed by atoms with Crippen LogP contribution >= 0.6 is 0 Å². The van der Waals surface area contributed by atoms with Crippen molar-refractivity contribution in [3.05, 3.63) is 17.6 Å². The number of nitrogens with zero attached hydrogens (tertiary/aromatic N) is 4. The van der Waals surface area contributed by atoms with Gasteiger partial charge in [-0.3, -0.25) is 4.79 Å². The van der Waals surface area contributed by atoms with Gasteiger partial charge in [-0.15, -0.1) is 0 Å². The molecule has 3 aliphatic rings. The smallest absolute Gasteiger partial charge is 0.227 e. The van der Waals surface area contributed by atoms with E-state index in [9.17, 15) is 4.79 Å². The summed E-state index contributed by atoms with van der Waals surface area (Å²) < 4.78 is 5.34. The third-order valence-corrected chi connectivity index (χ3v) is 5.26. The van der Waals surface area contributed by atoms with Crippen molar-refractivity contribution in [2.24, 2.45) is 5.92 Å². The lowest BCUT2D eigenvalue weighted by Crippen LogP contribution is -2.44. The molecule has 2 aliphatic heterocycles. The molecule has 6 nitrogen and oxygen atoms in total. The predicted octanol–water partition coefficient (Wildman–Crippen LogP) is 1.04. The van der Waals surface area contributed by atoms with Crippen molar-refractivity contribution in [3.8, 4) is 0 Å². The van der Waals surface area contributed by atoms with E-state index in [-0.39, 0.29) is 5.92 Å². The van der Waals surface area contributed by atoms with Crippen molar-refractivity contribution in [1.29, 1.82) is 0 Å². The summed E-state index contributed by atoms with van der Waals surface area (Å²) in [6, 6.07) is 0. The van der Waals surface area contributed by atoms with Gasteiger partial charge in [0.05, 0.1) is 19.1 Å². The van der Waals surface area contributed by atoms with Crippen molar-refractivity contribution < 1.29 is 9.53 Å². The number of aromatic nitrogens is 2. The van der Waals surface area contributed by atoms with Gasteiger partial charge in [0.2, 0.25) is 5.91 Å². The zero-order valence-electron chi connectivity index (χ0n) is 13.5. The van der Waals surface area contributed by atoms with Gasteiger partial charge in [0, 0.05) is 37.4 Å². The second kappa shape index (κ2) is 6.43. The fourth-order valence-corrected chi connectivity index (χ4v) is 3.97. The molecule has 1 aromatic heterocycles. The van der Waals surface area contributed by atoms with Crippen molar-refractivity contribution in [1.82, 2.24) is 14.9 Å². The number of hydrogen-bond acceptors (Lipinski definition) is 5. The minimum Gasteiger partial charge on any atom is -0.378 e. The lowest BCUT2D eigenvalue weighted by atomic mass is 9.96. The molecule has 0 radical (unpaired) electrons. The van der Waals surface area contributed by atoms with Crippen LogP contribution in [0.1, 0.15) is 30.5 Å². The third kappa shape index (κ3) is 2.92. The maximum atomic E-state index is 12.7. The summed E-state index contributed by atoms with van der Waals surface area (Å²) in [7, 11) is 0. The van der Waals surface area contributed by atoms with Crippen molar-refractivity contribution in [3.63, 3.8) is 0 Å². The minimum atomic E-state index is 0.0994. The standard InChI is InChI=1S/C17H24N4O2/c22-17(20-7-9-23-10-8-20)13-5-6-21(11-13)16-14-3-1-2-4-15(14)18-12-19-16/h12-13H,1-11H2. The van der Waals surface area contributed by atoms with Crippen molar-refractivity contribution in [2.45, 2.75) is 32.1 Å². The summed E-state index contributed by atoms with van der Waals surface area (Å²) in [6.45, 7) is 4.52. The van der Waals surface area contributed by atoms with Gasteiger partial charge in [0.25, 0.3) is 0 Å². The highest BCUT2D eigenvalue weighted by molar-refractivity contribution is 5.80. The second-order valence-corrected chi connectivity index (χ2v) is 6.70. The number of fused-ring (bicyclic) bond motifs is 1. The largest absolute Gasteiger partial charge is 0.378 e. The first kappa shape index (κ1) is 14.9. The Hall–Kier alpha value is -1.69. The van der Waals surface area contributed by atoms with E-state index >= 15 is 0 Å². The molecule has 4 rings (SSSR count). The Bertz CT molecular complexity index is 586. The van der Waals surface area contributed by atoms with Crippen LogP contribution in [0.2, 0.25) is 0 Å². The number of anilines is 1. The molecule has 0 spiro atoms. The Balaban J connectivity index is 1.47. The summed E-state index contributed by atoms with van der Waals surface area (Å²) in [6.07, 6.45) is 7.20. The number of carbonyl (C=O) groups excluding carboxylic acids is 1. The van der Waals surface area contributed by atoms with Gasteiger partial charge in [-0.1, -0.05) is 0 Å². The Morgan fingerprint density at radius 2 is 1.96 bits per heavy atom. The highest BCUT2D eigenvalue weighted by Gasteiger charge is 2.34. The average Bonchev–Trinajstić information content (AvgIpc) is 3.11. The quantitative estimate of drug-likeness (QED) is 0.816. The normalized spacial score (nSPS) is 24.6. The van der Waals surface area contributed by atoms with E-state index in [2.05, 4.69) is 14.9 Å². The van der Waals surface area contributed by atoms with Crippen LogP contribution < -0.4 is 4.90 Å². The van der Waals surface area contributed by atoms with Gasteiger partial charge in [-0.25, -0.2) is 9.97 Å². The Labute approximate surface area is 136 Å². The number of aryl methyl sites for hydroxylation is 1. The van der Waals surface area contributed by atoms with E-state index in [4.69, 9.17) is 4.74 Å².